The van der Waals surface area contributed by atoms with Crippen molar-refractivity contribution in [2.45, 2.75) is 19.6 Å². The van der Waals surface area contributed by atoms with E-state index in [9.17, 15) is 19.8 Å². The van der Waals surface area contributed by atoms with Crippen LogP contribution < -0.4 is 9.47 Å². The number of ether oxygens (including phenoxy) is 2. The van der Waals surface area contributed by atoms with Gasteiger partial charge in [-0.2, -0.15) is 0 Å². The van der Waals surface area contributed by atoms with Crippen molar-refractivity contribution in [3.8, 4) is 23.0 Å². The monoisotopic (exact) mass is 584 g/mol. The first-order chi connectivity index (χ1) is 18.2. The number of carbonyl (C=O) groups excluding carboxylic acids is 2. The molecule has 4 aromatic rings. The molecule has 192 valence electrons. The number of halogens is 2. The van der Waals surface area contributed by atoms with Gasteiger partial charge in [-0.05, 0) is 60.7 Å². The molecule has 0 bridgehead atoms. The number of hydrogen-bond acceptors (Lipinski definition) is 8. The lowest BCUT2D eigenvalue weighted by Crippen LogP contribution is -2.23. The molecule has 38 heavy (non-hydrogen) atoms. The van der Waals surface area contributed by atoms with E-state index in [0.717, 1.165) is 21.9 Å². The molecule has 0 aliphatic heterocycles. The minimum atomic E-state index is -0.701. The van der Waals surface area contributed by atoms with Crippen molar-refractivity contribution in [2.24, 2.45) is 0 Å². The lowest BCUT2D eigenvalue weighted by molar-refractivity contribution is 0.0974. The van der Waals surface area contributed by atoms with E-state index in [-0.39, 0.29) is 32.3 Å². The molecular weight excluding hydrogens is 567 g/mol. The molecule has 0 saturated heterocycles. The first-order valence-electron chi connectivity index (χ1n) is 11.1. The lowest BCUT2D eigenvalue weighted by atomic mass is 9.83. The average molecular weight is 585 g/mol. The van der Waals surface area contributed by atoms with E-state index in [1.165, 1.54) is 23.5 Å². The summed E-state index contributed by atoms with van der Waals surface area (Å²) in [7, 11) is 3.14. The summed E-state index contributed by atoms with van der Waals surface area (Å²) in [5, 5.41) is 20.9. The van der Waals surface area contributed by atoms with E-state index in [1.54, 1.807) is 38.5 Å². The van der Waals surface area contributed by atoms with Gasteiger partial charge >= 0.3 is 0 Å². The molecule has 0 unspecified atom stereocenters. The molecular formula is C28H18Cl2O6S2. The van der Waals surface area contributed by atoms with Crippen molar-refractivity contribution in [1.82, 2.24) is 0 Å². The maximum atomic E-state index is 13.6. The first kappa shape index (κ1) is 26.3. The van der Waals surface area contributed by atoms with Crippen LogP contribution in [0, 0.1) is 0 Å². The highest BCUT2D eigenvalue weighted by Crippen LogP contribution is 2.52. The van der Waals surface area contributed by atoms with E-state index in [2.05, 4.69) is 0 Å². The molecule has 0 saturated carbocycles. The zero-order valence-corrected chi connectivity index (χ0v) is 23.0. The van der Waals surface area contributed by atoms with Gasteiger partial charge in [-0.15, -0.1) is 0 Å². The Balaban J connectivity index is 1.73. The van der Waals surface area contributed by atoms with Gasteiger partial charge in [-0.1, -0.05) is 46.7 Å². The minimum absolute atomic E-state index is 0.0213. The number of ketones is 2. The number of phenols is 2. The maximum absolute atomic E-state index is 13.6. The summed E-state index contributed by atoms with van der Waals surface area (Å²) >= 11 is 16.3. The predicted molar refractivity (Wildman–Crippen MR) is 147 cm³/mol. The van der Waals surface area contributed by atoms with E-state index in [4.69, 9.17) is 32.7 Å². The summed E-state index contributed by atoms with van der Waals surface area (Å²) in [4.78, 5) is 29.7. The fourth-order valence-corrected chi connectivity index (χ4v) is 7.00. The Bertz CT molecular complexity index is 1480. The number of fused-ring (bicyclic) bond motifs is 2. The molecule has 0 heterocycles. The highest BCUT2D eigenvalue weighted by molar-refractivity contribution is 8.02. The van der Waals surface area contributed by atoms with E-state index in [0.29, 0.717) is 21.3 Å². The highest BCUT2D eigenvalue weighted by Gasteiger charge is 2.40. The first-order valence-corrected chi connectivity index (χ1v) is 13.5. The van der Waals surface area contributed by atoms with Crippen LogP contribution in [0.15, 0.2) is 80.2 Å². The molecule has 0 radical (unpaired) electrons. The molecule has 1 aliphatic rings. The standard InChI is InChI=1S/C28H18Cl2O6S2/c1-35-13-3-7-15(8-4-13)37-27-23(29)21-22(24(30)28(27)38-16-9-5-14(36-2)6-10-16)26(34)20-18(32)12-11-17(31)19(20)25(21)33/h3-12,31-32H,1-2H3. The van der Waals surface area contributed by atoms with Gasteiger partial charge in [0, 0.05) is 19.6 Å². The molecule has 0 amide bonds. The smallest absolute Gasteiger partial charge is 0.199 e. The second kappa shape index (κ2) is 10.5. The summed E-state index contributed by atoms with van der Waals surface area (Å²) in [5.74, 6) is -0.932. The summed E-state index contributed by atoms with van der Waals surface area (Å²) in [5.41, 5.74) is -0.858. The summed E-state index contributed by atoms with van der Waals surface area (Å²) in [6.07, 6.45) is 0. The van der Waals surface area contributed by atoms with Gasteiger partial charge < -0.3 is 19.7 Å². The Morgan fingerprint density at radius 1 is 0.579 bits per heavy atom. The van der Waals surface area contributed by atoms with Gasteiger partial charge in [0.05, 0.1) is 46.5 Å². The van der Waals surface area contributed by atoms with Crippen LogP contribution in [-0.4, -0.2) is 36.0 Å². The zero-order valence-electron chi connectivity index (χ0n) is 19.9. The van der Waals surface area contributed by atoms with Crippen LogP contribution in [0.4, 0.5) is 0 Å². The summed E-state index contributed by atoms with van der Waals surface area (Å²) < 4.78 is 10.5. The molecule has 5 rings (SSSR count). The van der Waals surface area contributed by atoms with E-state index in [1.807, 2.05) is 24.3 Å². The molecule has 1 aliphatic carbocycles. The van der Waals surface area contributed by atoms with Crippen molar-refractivity contribution >= 4 is 58.3 Å². The van der Waals surface area contributed by atoms with E-state index < -0.39 is 23.1 Å². The number of methoxy groups -OCH3 is 2. The van der Waals surface area contributed by atoms with Crippen LogP contribution in [0.25, 0.3) is 0 Å². The predicted octanol–water partition coefficient (Wildman–Crippen LogP) is 7.50. The van der Waals surface area contributed by atoms with E-state index >= 15 is 0 Å². The Labute approximate surface area is 236 Å². The van der Waals surface area contributed by atoms with Crippen LogP contribution in [0.5, 0.6) is 23.0 Å². The van der Waals surface area contributed by atoms with Crippen LogP contribution in [0.1, 0.15) is 31.8 Å². The van der Waals surface area contributed by atoms with Crippen molar-refractivity contribution in [3.63, 3.8) is 0 Å². The van der Waals surface area contributed by atoms with Crippen LogP contribution in [0.3, 0.4) is 0 Å². The third-order valence-electron chi connectivity index (χ3n) is 5.92. The Morgan fingerprint density at radius 3 is 1.24 bits per heavy atom. The van der Waals surface area contributed by atoms with Crippen molar-refractivity contribution < 1.29 is 29.3 Å². The second-order valence-corrected chi connectivity index (χ2v) is 11.0. The van der Waals surface area contributed by atoms with Gasteiger partial charge in [-0.3, -0.25) is 9.59 Å². The maximum Gasteiger partial charge on any atom is 0.199 e. The SMILES string of the molecule is COc1ccc(Sc2c(Cl)c3c(c(Cl)c2Sc2ccc(OC)cc2)C(=O)c2c(O)ccc(O)c2C3=O)cc1. The summed E-state index contributed by atoms with van der Waals surface area (Å²) in [6.45, 7) is 0. The average Bonchev–Trinajstić information content (AvgIpc) is 2.93. The van der Waals surface area contributed by atoms with Crippen LogP contribution in [-0.2, 0) is 0 Å². The lowest BCUT2D eigenvalue weighted by Gasteiger charge is -2.25. The van der Waals surface area contributed by atoms with Gasteiger partial charge in [0.1, 0.15) is 23.0 Å². The number of carbonyl (C=O) groups is 2. The van der Waals surface area contributed by atoms with Gasteiger partial charge in [-0.25, -0.2) is 0 Å². The third kappa shape index (κ3) is 4.47. The number of phenolic OH excluding ortho intramolecular Hbond substituents is 2. The third-order valence-corrected chi connectivity index (χ3v) is 9.27. The van der Waals surface area contributed by atoms with Gasteiger partial charge in [0.25, 0.3) is 0 Å². The minimum Gasteiger partial charge on any atom is -0.507 e. The largest absolute Gasteiger partial charge is 0.507 e. The number of rotatable bonds is 6. The molecule has 0 aromatic heterocycles. The van der Waals surface area contributed by atoms with Crippen LogP contribution in [0.2, 0.25) is 10.0 Å². The summed E-state index contributed by atoms with van der Waals surface area (Å²) in [6, 6.07) is 16.8. The normalized spacial score (nSPS) is 12.2. The number of hydrogen-bond donors (Lipinski definition) is 2. The van der Waals surface area contributed by atoms with Crippen LogP contribution >= 0.6 is 46.7 Å². The van der Waals surface area contributed by atoms with Gasteiger partial charge in [0.15, 0.2) is 11.6 Å². The second-order valence-electron chi connectivity index (χ2n) is 8.10. The van der Waals surface area contributed by atoms with Gasteiger partial charge in [0.2, 0.25) is 0 Å². The van der Waals surface area contributed by atoms with Crippen molar-refractivity contribution in [2.75, 3.05) is 14.2 Å². The quantitative estimate of drug-likeness (QED) is 0.198. The molecule has 4 aromatic carbocycles. The topological polar surface area (TPSA) is 93.1 Å². The molecule has 0 spiro atoms. The fraction of sp³-hybridized carbons (Fsp3) is 0.0714. The zero-order chi connectivity index (χ0) is 27.1. The number of aromatic hydroxyl groups is 2. The van der Waals surface area contributed by atoms with Crippen molar-refractivity contribution in [3.05, 3.63) is 93.0 Å². The Kier molecular flexibility index (Phi) is 7.24. The number of benzene rings is 4. The van der Waals surface area contributed by atoms with Crippen molar-refractivity contribution in [1.29, 1.82) is 0 Å². The fourth-order valence-electron chi connectivity index (χ4n) is 4.07. The molecule has 2 N–H and O–H groups in total. The highest BCUT2D eigenvalue weighted by atomic mass is 35.5. The Hall–Kier alpha value is -3.30. The molecule has 6 nitrogen and oxygen atoms in total. The Morgan fingerprint density at radius 2 is 0.921 bits per heavy atom. The molecule has 0 atom stereocenters. The molecule has 0 fully saturated rings. The molecule has 10 heteroatoms.